The first-order valence-corrected chi connectivity index (χ1v) is 9.81. The fourth-order valence-corrected chi connectivity index (χ4v) is 3.71. The number of aryl methyl sites for hydroxylation is 1. The van der Waals surface area contributed by atoms with E-state index in [0.717, 1.165) is 37.4 Å². The van der Waals surface area contributed by atoms with Gasteiger partial charge in [0, 0.05) is 45.0 Å². The fraction of sp³-hybridized carbons (Fsp3) is 0.389. The van der Waals surface area contributed by atoms with E-state index in [1.807, 2.05) is 22.4 Å². The highest BCUT2D eigenvalue weighted by Gasteiger charge is 2.22. The Labute approximate surface area is 160 Å². The number of thiophene rings is 1. The third-order valence-electron chi connectivity index (χ3n) is 4.52. The van der Waals surface area contributed by atoms with E-state index in [0.29, 0.717) is 30.5 Å². The fourth-order valence-electron chi connectivity index (χ4n) is 3.06. The largest absolute Gasteiger partial charge is 0.339 e. The van der Waals surface area contributed by atoms with Crippen LogP contribution in [-0.4, -0.2) is 68.5 Å². The summed E-state index contributed by atoms with van der Waals surface area (Å²) >= 11 is 1.60. The van der Waals surface area contributed by atoms with Crippen molar-refractivity contribution in [2.75, 3.05) is 32.7 Å². The summed E-state index contributed by atoms with van der Waals surface area (Å²) in [5, 5.41) is 6.04. The standard InChI is InChI=1S/C18H20N6O2S/c25-18(14-13-19-5-6-20-14)24-10-8-23(9-11-24)7-1-4-16-21-17(22-26-16)15-3-2-12-27-15/h2-3,5-6,12-13H,1,4,7-11H2. The van der Waals surface area contributed by atoms with Crippen LogP contribution in [0, 0.1) is 0 Å². The summed E-state index contributed by atoms with van der Waals surface area (Å²) in [4.78, 5) is 30.1. The number of nitrogens with zero attached hydrogens (tertiary/aromatic N) is 6. The summed E-state index contributed by atoms with van der Waals surface area (Å²) in [6, 6.07) is 3.96. The van der Waals surface area contributed by atoms with Gasteiger partial charge >= 0.3 is 0 Å². The van der Waals surface area contributed by atoms with Crippen LogP contribution < -0.4 is 0 Å². The molecule has 1 aliphatic rings. The van der Waals surface area contributed by atoms with Gasteiger partial charge in [-0.3, -0.25) is 14.7 Å². The molecule has 3 aromatic heterocycles. The summed E-state index contributed by atoms with van der Waals surface area (Å²) in [5.74, 6) is 1.29. The third kappa shape index (κ3) is 4.37. The Kier molecular flexibility index (Phi) is 5.50. The number of carbonyl (C=O) groups is 1. The highest BCUT2D eigenvalue weighted by Crippen LogP contribution is 2.21. The van der Waals surface area contributed by atoms with Crippen LogP contribution in [0.3, 0.4) is 0 Å². The summed E-state index contributed by atoms with van der Waals surface area (Å²) in [5.41, 5.74) is 0.406. The van der Waals surface area contributed by atoms with Crippen molar-refractivity contribution in [3.63, 3.8) is 0 Å². The van der Waals surface area contributed by atoms with Crippen molar-refractivity contribution in [3.8, 4) is 10.7 Å². The minimum atomic E-state index is -0.0466. The highest BCUT2D eigenvalue weighted by atomic mass is 32.1. The molecule has 0 aromatic carbocycles. The average Bonchev–Trinajstić information content (AvgIpc) is 3.40. The van der Waals surface area contributed by atoms with E-state index in [1.165, 1.54) is 6.20 Å². The van der Waals surface area contributed by atoms with Gasteiger partial charge in [0.1, 0.15) is 5.69 Å². The smallest absolute Gasteiger partial charge is 0.274 e. The van der Waals surface area contributed by atoms with Gasteiger partial charge in [-0.15, -0.1) is 11.3 Å². The second-order valence-electron chi connectivity index (χ2n) is 6.32. The Morgan fingerprint density at radius 1 is 1.22 bits per heavy atom. The lowest BCUT2D eigenvalue weighted by atomic mass is 10.2. The molecule has 1 fully saturated rings. The van der Waals surface area contributed by atoms with Crippen molar-refractivity contribution in [1.82, 2.24) is 29.9 Å². The molecule has 8 nitrogen and oxygen atoms in total. The maximum atomic E-state index is 12.4. The first-order chi connectivity index (χ1) is 13.3. The number of carbonyl (C=O) groups excluding carboxylic acids is 1. The summed E-state index contributed by atoms with van der Waals surface area (Å²) in [7, 11) is 0. The Morgan fingerprint density at radius 2 is 2.11 bits per heavy atom. The Hall–Kier alpha value is -2.65. The highest BCUT2D eigenvalue weighted by molar-refractivity contribution is 7.13. The third-order valence-corrected chi connectivity index (χ3v) is 5.38. The maximum absolute atomic E-state index is 12.4. The minimum absolute atomic E-state index is 0.0466. The van der Waals surface area contributed by atoms with E-state index in [-0.39, 0.29) is 5.91 Å². The molecule has 0 bridgehead atoms. The van der Waals surface area contributed by atoms with Crippen LogP contribution in [0.25, 0.3) is 10.7 Å². The van der Waals surface area contributed by atoms with Crippen molar-refractivity contribution in [2.24, 2.45) is 0 Å². The predicted octanol–water partition coefficient (Wildman–Crippen LogP) is 1.98. The van der Waals surface area contributed by atoms with Crippen LogP contribution in [0.2, 0.25) is 0 Å². The van der Waals surface area contributed by atoms with Gasteiger partial charge in [-0.05, 0) is 24.4 Å². The Bertz CT molecular complexity index is 859. The lowest BCUT2D eigenvalue weighted by Crippen LogP contribution is -2.49. The molecule has 1 saturated heterocycles. The van der Waals surface area contributed by atoms with E-state index < -0.39 is 0 Å². The normalized spacial score (nSPS) is 15.2. The van der Waals surface area contributed by atoms with Crippen molar-refractivity contribution < 1.29 is 9.32 Å². The zero-order valence-electron chi connectivity index (χ0n) is 14.8. The lowest BCUT2D eigenvalue weighted by molar-refractivity contribution is 0.0629. The van der Waals surface area contributed by atoms with E-state index in [2.05, 4.69) is 25.0 Å². The first-order valence-electron chi connectivity index (χ1n) is 8.94. The van der Waals surface area contributed by atoms with Gasteiger partial charge in [-0.25, -0.2) is 4.98 Å². The number of piperazine rings is 1. The lowest BCUT2D eigenvalue weighted by Gasteiger charge is -2.34. The molecule has 1 aliphatic heterocycles. The number of hydrogen-bond donors (Lipinski definition) is 0. The Balaban J connectivity index is 1.20. The average molecular weight is 384 g/mol. The molecular formula is C18H20N6O2S. The Morgan fingerprint density at radius 3 is 2.85 bits per heavy atom. The van der Waals surface area contributed by atoms with Gasteiger partial charge in [-0.2, -0.15) is 4.98 Å². The minimum Gasteiger partial charge on any atom is -0.339 e. The van der Waals surface area contributed by atoms with Gasteiger partial charge in [0.05, 0.1) is 11.1 Å². The van der Waals surface area contributed by atoms with Crippen LogP contribution in [0.4, 0.5) is 0 Å². The van der Waals surface area contributed by atoms with Crippen molar-refractivity contribution in [1.29, 1.82) is 0 Å². The van der Waals surface area contributed by atoms with Gasteiger partial charge in [0.15, 0.2) is 0 Å². The first kappa shape index (κ1) is 17.7. The topological polar surface area (TPSA) is 88.3 Å². The van der Waals surface area contributed by atoms with Gasteiger partial charge in [-0.1, -0.05) is 11.2 Å². The SMILES string of the molecule is O=C(c1cnccn1)N1CCN(CCCc2nc(-c3cccs3)no2)CC1. The molecule has 0 spiro atoms. The second kappa shape index (κ2) is 8.36. The molecule has 0 radical (unpaired) electrons. The summed E-state index contributed by atoms with van der Waals surface area (Å²) < 4.78 is 5.34. The number of aromatic nitrogens is 4. The molecule has 27 heavy (non-hydrogen) atoms. The monoisotopic (exact) mass is 384 g/mol. The van der Waals surface area contributed by atoms with E-state index in [4.69, 9.17) is 4.52 Å². The molecule has 0 aliphatic carbocycles. The molecule has 0 N–H and O–H groups in total. The van der Waals surface area contributed by atoms with Gasteiger partial charge in [0.2, 0.25) is 11.7 Å². The molecule has 0 unspecified atom stereocenters. The summed E-state index contributed by atoms with van der Waals surface area (Å²) in [6.45, 7) is 4.08. The van der Waals surface area contributed by atoms with Gasteiger partial charge in [0.25, 0.3) is 5.91 Å². The molecule has 140 valence electrons. The number of amides is 1. The van der Waals surface area contributed by atoms with E-state index in [9.17, 15) is 4.79 Å². The summed E-state index contributed by atoms with van der Waals surface area (Å²) in [6.07, 6.45) is 6.34. The van der Waals surface area contributed by atoms with Crippen LogP contribution in [0.15, 0.2) is 40.6 Å². The zero-order valence-corrected chi connectivity index (χ0v) is 15.6. The number of hydrogen-bond acceptors (Lipinski definition) is 8. The van der Waals surface area contributed by atoms with Gasteiger partial charge < -0.3 is 9.42 Å². The molecule has 0 atom stereocenters. The van der Waals surface area contributed by atoms with Crippen LogP contribution >= 0.6 is 11.3 Å². The molecule has 3 aromatic rings. The van der Waals surface area contributed by atoms with E-state index in [1.54, 1.807) is 23.7 Å². The van der Waals surface area contributed by atoms with Crippen molar-refractivity contribution >= 4 is 17.2 Å². The quantitative estimate of drug-likeness (QED) is 0.642. The second-order valence-corrected chi connectivity index (χ2v) is 7.26. The van der Waals surface area contributed by atoms with E-state index >= 15 is 0 Å². The predicted molar refractivity (Wildman–Crippen MR) is 100 cm³/mol. The van der Waals surface area contributed by atoms with Crippen molar-refractivity contribution in [2.45, 2.75) is 12.8 Å². The van der Waals surface area contributed by atoms with Crippen molar-refractivity contribution in [3.05, 3.63) is 47.7 Å². The van der Waals surface area contributed by atoms with Crippen LogP contribution in [-0.2, 0) is 6.42 Å². The zero-order chi connectivity index (χ0) is 18.5. The number of rotatable bonds is 6. The van der Waals surface area contributed by atoms with Crippen LogP contribution in [0.1, 0.15) is 22.8 Å². The molecule has 4 rings (SSSR count). The molecule has 9 heteroatoms. The molecule has 4 heterocycles. The maximum Gasteiger partial charge on any atom is 0.274 e. The molecular weight excluding hydrogens is 364 g/mol. The van der Waals surface area contributed by atoms with Crippen LogP contribution in [0.5, 0.6) is 0 Å². The molecule has 0 saturated carbocycles. The molecule has 1 amide bonds.